The molecule has 3 nitrogen and oxygen atoms in total. The second-order valence-electron chi connectivity index (χ2n) is 6.08. The number of ether oxygens (including phenoxy) is 1. The molecular weight excluding hydrogens is 274 g/mol. The molecule has 2 aromatic carbocycles. The first-order valence-electron chi connectivity index (χ1n) is 7.69. The average molecular weight is 295 g/mol. The minimum absolute atomic E-state index is 0.00865. The number of hydrogen-bond acceptors (Lipinski definition) is 2. The molecule has 0 radical (unpaired) electrons. The third-order valence-corrected chi connectivity index (χ3v) is 3.99. The fourth-order valence-electron chi connectivity index (χ4n) is 2.97. The lowest BCUT2D eigenvalue weighted by Crippen LogP contribution is -2.34. The van der Waals surface area contributed by atoms with Gasteiger partial charge in [0.1, 0.15) is 5.75 Å². The zero-order chi connectivity index (χ0) is 15.5. The summed E-state index contributed by atoms with van der Waals surface area (Å²) in [6.07, 6.45) is 0.948. The van der Waals surface area contributed by atoms with Gasteiger partial charge in [-0.3, -0.25) is 4.79 Å². The molecule has 0 saturated carbocycles. The van der Waals surface area contributed by atoms with Crippen LogP contribution >= 0.6 is 0 Å². The monoisotopic (exact) mass is 295 g/mol. The molecule has 114 valence electrons. The van der Waals surface area contributed by atoms with Crippen molar-refractivity contribution in [2.45, 2.75) is 20.3 Å². The molecule has 0 aliphatic carbocycles. The largest absolute Gasteiger partial charge is 0.493 e. The van der Waals surface area contributed by atoms with Crippen LogP contribution < -0.4 is 10.1 Å². The highest BCUT2D eigenvalue weighted by molar-refractivity contribution is 5.94. The maximum atomic E-state index is 12.3. The Balaban J connectivity index is 1.60. The van der Waals surface area contributed by atoms with Gasteiger partial charge in [-0.15, -0.1) is 0 Å². The standard InChI is InChI=1S/C19H21NO2/c1-13-7-14(2)9-17(8-13)19(21)20-11-15-10-16-5-3-4-6-18(16)22-12-15/h3-9,15H,10-12H2,1-2H3,(H,20,21). The lowest BCUT2D eigenvalue weighted by Gasteiger charge is -2.25. The first kappa shape index (κ1) is 14.6. The number of para-hydroxylation sites is 1. The smallest absolute Gasteiger partial charge is 0.251 e. The van der Waals surface area contributed by atoms with Crippen LogP contribution in [0.25, 0.3) is 0 Å². The van der Waals surface area contributed by atoms with E-state index in [2.05, 4.69) is 17.4 Å². The molecule has 3 heteroatoms. The number of benzene rings is 2. The maximum Gasteiger partial charge on any atom is 0.251 e. The summed E-state index contributed by atoms with van der Waals surface area (Å²) in [5.74, 6) is 1.29. The number of aryl methyl sites for hydroxylation is 2. The highest BCUT2D eigenvalue weighted by atomic mass is 16.5. The number of carbonyl (C=O) groups is 1. The van der Waals surface area contributed by atoms with Crippen LogP contribution in [0.1, 0.15) is 27.0 Å². The first-order chi connectivity index (χ1) is 10.6. The highest BCUT2D eigenvalue weighted by Gasteiger charge is 2.20. The van der Waals surface area contributed by atoms with Gasteiger partial charge >= 0.3 is 0 Å². The fraction of sp³-hybridized carbons (Fsp3) is 0.316. The summed E-state index contributed by atoms with van der Waals surface area (Å²) >= 11 is 0. The Kier molecular flexibility index (Phi) is 4.14. The lowest BCUT2D eigenvalue weighted by molar-refractivity contribution is 0.0939. The third kappa shape index (κ3) is 3.30. The molecule has 1 amide bonds. The molecule has 3 rings (SSSR count). The molecule has 1 heterocycles. The van der Waals surface area contributed by atoms with Gasteiger partial charge < -0.3 is 10.1 Å². The lowest BCUT2D eigenvalue weighted by atomic mass is 9.96. The van der Waals surface area contributed by atoms with Crippen molar-refractivity contribution >= 4 is 5.91 Å². The molecule has 0 spiro atoms. The summed E-state index contributed by atoms with van der Waals surface area (Å²) in [7, 11) is 0. The second-order valence-corrected chi connectivity index (χ2v) is 6.08. The number of rotatable bonds is 3. The molecular formula is C19H21NO2. The van der Waals surface area contributed by atoms with Gasteiger partial charge in [0.2, 0.25) is 0 Å². The minimum Gasteiger partial charge on any atom is -0.493 e. The van der Waals surface area contributed by atoms with Crippen LogP contribution in [-0.4, -0.2) is 19.1 Å². The molecule has 1 atom stereocenters. The van der Waals surface area contributed by atoms with E-state index in [0.29, 0.717) is 19.1 Å². The van der Waals surface area contributed by atoms with Crippen molar-refractivity contribution in [1.82, 2.24) is 5.32 Å². The average Bonchev–Trinajstić information content (AvgIpc) is 2.51. The quantitative estimate of drug-likeness (QED) is 0.943. The van der Waals surface area contributed by atoms with Crippen LogP contribution in [0, 0.1) is 19.8 Å². The predicted octanol–water partition coefficient (Wildman–Crippen LogP) is 3.28. The second kappa shape index (κ2) is 6.22. The van der Waals surface area contributed by atoms with Gasteiger partial charge in [-0.05, 0) is 44.0 Å². The van der Waals surface area contributed by atoms with E-state index in [1.807, 2.05) is 44.2 Å². The van der Waals surface area contributed by atoms with Gasteiger partial charge in [-0.25, -0.2) is 0 Å². The Hall–Kier alpha value is -2.29. The normalized spacial score (nSPS) is 16.5. The Labute approximate surface area is 131 Å². The van der Waals surface area contributed by atoms with Crippen molar-refractivity contribution in [3.63, 3.8) is 0 Å². The Morgan fingerprint density at radius 2 is 1.91 bits per heavy atom. The van der Waals surface area contributed by atoms with Gasteiger partial charge in [-0.2, -0.15) is 0 Å². The topological polar surface area (TPSA) is 38.3 Å². The molecule has 1 aliphatic heterocycles. The molecule has 2 aromatic rings. The molecule has 0 saturated heterocycles. The van der Waals surface area contributed by atoms with Gasteiger partial charge in [0.25, 0.3) is 5.91 Å². The van der Waals surface area contributed by atoms with Crippen molar-refractivity contribution in [2.75, 3.05) is 13.2 Å². The molecule has 0 bridgehead atoms. The van der Waals surface area contributed by atoms with Crippen LogP contribution in [0.5, 0.6) is 5.75 Å². The van der Waals surface area contributed by atoms with Gasteiger partial charge in [0.15, 0.2) is 0 Å². The number of amides is 1. The molecule has 1 unspecified atom stereocenters. The van der Waals surface area contributed by atoms with Gasteiger partial charge in [-0.1, -0.05) is 35.4 Å². The highest BCUT2D eigenvalue weighted by Crippen LogP contribution is 2.26. The van der Waals surface area contributed by atoms with E-state index in [-0.39, 0.29) is 5.91 Å². The van der Waals surface area contributed by atoms with E-state index in [0.717, 1.165) is 28.9 Å². The van der Waals surface area contributed by atoms with Crippen molar-refractivity contribution in [1.29, 1.82) is 0 Å². The van der Waals surface area contributed by atoms with Crippen LogP contribution in [-0.2, 0) is 6.42 Å². The fourth-order valence-corrected chi connectivity index (χ4v) is 2.97. The van der Waals surface area contributed by atoms with E-state index in [9.17, 15) is 4.79 Å². The minimum atomic E-state index is -0.00865. The summed E-state index contributed by atoms with van der Waals surface area (Å²) in [6.45, 7) is 5.32. The molecule has 1 aliphatic rings. The van der Waals surface area contributed by atoms with Crippen molar-refractivity contribution < 1.29 is 9.53 Å². The maximum absolute atomic E-state index is 12.3. The summed E-state index contributed by atoms with van der Waals surface area (Å²) in [5.41, 5.74) is 4.18. The van der Waals surface area contributed by atoms with E-state index < -0.39 is 0 Å². The van der Waals surface area contributed by atoms with E-state index >= 15 is 0 Å². The zero-order valence-corrected chi connectivity index (χ0v) is 13.1. The van der Waals surface area contributed by atoms with Gasteiger partial charge in [0, 0.05) is 18.0 Å². The summed E-state index contributed by atoms with van der Waals surface area (Å²) in [4.78, 5) is 12.3. The predicted molar refractivity (Wildman–Crippen MR) is 87.4 cm³/mol. The summed E-state index contributed by atoms with van der Waals surface area (Å²) < 4.78 is 5.76. The van der Waals surface area contributed by atoms with Crippen molar-refractivity contribution in [3.05, 3.63) is 64.7 Å². The van der Waals surface area contributed by atoms with Crippen molar-refractivity contribution in [3.8, 4) is 5.75 Å². The van der Waals surface area contributed by atoms with E-state index in [1.165, 1.54) is 5.56 Å². The molecule has 0 aromatic heterocycles. The van der Waals surface area contributed by atoms with Crippen LogP contribution in [0.15, 0.2) is 42.5 Å². The van der Waals surface area contributed by atoms with Crippen LogP contribution in [0.4, 0.5) is 0 Å². The zero-order valence-electron chi connectivity index (χ0n) is 13.1. The molecule has 22 heavy (non-hydrogen) atoms. The number of fused-ring (bicyclic) bond motifs is 1. The number of hydrogen-bond donors (Lipinski definition) is 1. The van der Waals surface area contributed by atoms with Crippen molar-refractivity contribution in [2.24, 2.45) is 5.92 Å². The Morgan fingerprint density at radius 1 is 1.18 bits per heavy atom. The third-order valence-electron chi connectivity index (χ3n) is 3.99. The van der Waals surface area contributed by atoms with E-state index in [1.54, 1.807) is 0 Å². The Bertz CT molecular complexity index is 673. The molecule has 0 fully saturated rings. The number of nitrogens with one attached hydrogen (secondary N) is 1. The number of carbonyl (C=O) groups excluding carboxylic acids is 1. The first-order valence-corrected chi connectivity index (χ1v) is 7.69. The summed E-state index contributed by atoms with van der Waals surface area (Å²) in [5, 5.41) is 3.03. The van der Waals surface area contributed by atoms with Gasteiger partial charge in [0.05, 0.1) is 6.61 Å². The molecule has 1 N–H and O–H groups in total. The van der Waals surface area contributed by atoms with Crippen LogP contribution in [0.3, 0.4) is 0 Å². The summed E-state index contributed by atoms with van der Waals surface area (Å²) in [6, 6.07) is 14.0. The Morgan fingerprint density at radius 3 is 2.68 bits per heavy atom. The van der Waals surface area contributed by atoms with E-state index in [4.69, 9.17) is 4.74 Å². The SMILES string of the molecule is Cc1cc(C)cc(C(=O)NCC2COc3ccccc3C2)c1. The van der Waals surface area contributed by atoms with Crippen LogP contribution in [0.2, 0.25) is 0 Å².